The molecule has 1 aliphatic carbocycles. The summed E-state index contributed by atoms with van der Waals surface area (Å²) in [6.07, 6.45) is 3.25. The normalized spacial score (nSPS) is 13.1. The Morgan fingerprint density at radius 2 is 2.00 bits per heavy atom. The molecule has 0 atom stereocenters. The van der Waals surface area contributed by atoms with Crippen molar-refractivity contribution >= 4 is 45.5 Å². The quantitative estimate of drug-likeness (QED) is 0.415. The molecule has 1 aromatic heterocycles. The Bertz CT molecular complexity index is 954. The van der Waals surface area contributed by atoms with Crippen molar-refractivity contribution < 1.29 is 19.2 Å². The van der Waals surface area contributed by atoms with E-state index in [1.807, 2.05) is 0 Å². The summed E-state index contributed by atoms with van der Waals surface area (Å²) in [7, 11) is 0. The smallest absolute Gasteiger partial charge is 0.341 e. The molecule has 28 heavy (non-hydrogen) atoms. The zero-order chi connectivity index (χ0) is 20.4. The number of nitrogens with zero attached hydrogens (tertiary/aromatic N) is 1. The maximum Gasteiger partial charge on any atom is 0.341 e. The number of esters is 1. The SMILES string of the molecule is CC(C)OC(=O)c1c(NC(=O)c2ccc(Cl)cc2[N+](=O)[O-])sc2c1CCCC2. The van der Waals surface area contributed by atoms with Gasteiger partial charge >= 0.3 is 5.97 Å². The van der Waals surface area contributed by atoms with Crippen LogP contribution in [-0.2, 0) is 17.6 Å². The number of benzene rings is 1. The summed E-state index contributed by atoms with van der Waals surface area (Å²) in [6, 6.07) is 3.84. The molecule has 1 amide bonds. The Labute approximate surface area is 170 Å². The predicted molar refractivity (Wildman–Crippen MR) is 108 cm³/mol. The molecule has 9 heteroatoms. The molecule has 2 aromatic rings. The average Bonchev–Trinajstić information content (AvgIpc) is 2.98. The number of hydrogen-bond acceptors (Lipinski definition) is 6. The molecule has 0 saturated heterocycles. The highest BCUT2D eigenvalue weighted by molar-refractivity contribution is 7.17. The second-order valence-electron chi connectivity index (χ2n) is 6.74. The van der Waals surface area contributed by atoms with Gasteiger partial charge in [-0.25, -0.2) is 4.79 Å². The van der Waals surface area contributed by atoms with E-state index in [2.05, 4.69) is 5.32 Å². The molecule has 0 unspecified atom stereocenters. The first kappa shape index (κ1) is 20.3. The van der Waals surface area contributed by atoms with Crippen molar-refractivity contribution in [2.75, 3.05) is 5.32 Å². The zero-order valence-electron chi connectivity index (χ0n) is 15.4. The van der Waals surface area contributed by atoms with Crippen molar-refractivity contribution in [2.24, 2.45) is 0 Å². The predicted octanol–water partition coefficient (Wildman–Crippen LogP) is 5.01. The first-order chi connectivity index (χ1) is 13.3. The Hall–Kier alpha value is -2.45. The minimum absolute atomic E-state index is 0.121. The van der Waals surface area contributed by atoms with Crippen molar-refractivity contribution in [3.63, 3.8) is 0 Å². The van der Waals surface area contributed by atoms with Gasteiger partial charge in [0.05, 0.1) is 16.6 Å². The molecule has 0 aliphatic heterocycles. The third kappa shape index (κ3) is 4.18. The number of halogens is 1. The summed E-state index contributed by atoms with van der Waals surface area (Å²) >= 11 is 7.14. The number of ether oxygens (including phenoxy) is 1. The maximum atomic E-state index is 12.8. The Morgan fingerprint density at radius 1 is 1.29 bits per heavy atom. The largest absolute Gasteiger partial charge is 0.459 e. The molecular formula is C19H19ClN2O5S. The van der Waals surface area contributed by atoms with E-state index < -0.39 is 22.5 Å². The first-order valence-corrected chi connectivity index (χ1v) is 10.1. The fourth-order valence-corrected chi connectivity index (χ4v) is 4.60. The second kappa shape index (κ2) is 8.28. The van der Waals surface area contributed by atoms with Crippen LogP contribution in [0.15, 0.2) is 18.2 Å². The molecular weight excluding hydrogens is 404 g/mol. The van der Waals surface area contributed by atoms with Gasteiger partial charge < -0.3 is 10.1 Å². The molecule has 1 aromatic carbocycles. The topological polar surface area (TPSA) is 98.5 Å². The molecule has 1 aliphatic rings. The molecule has 7 nitrogen and oxygen atoms in total. The van der Waals surface area contributed by atoms with Crippen LogP contribution >= 0.6 is 22.9 Å². The molecule has 0 fully saturated rings. The monoisotopic (exact) mass is 422 g/mol. The molecule has 1 N–H and O–H groups in total. The fraction of sp³-hybridized carbons (Fsp3) is 0.368. The number of carbonyl (C=O) groups excluding carboxylic acids is 2. The van der Waals surface area contributed by atoms with Crippen LogP contribution in [-0.4, -0.2) is 22.9 Å². The number of aryl methyl sites for hydroxylation is 1. The first-order valence-electron chi connectivity index (χ1n) is 8.88. The Morgan fingerprint density at radius 3 is 2.68 bits per heavy atom. The summed E-state index contributed by atoms with van der Waals surface area (Å²) in [4.78, 5) is 37.1. The zero-order valence-corrected chi connectivity index (χ0v) is 17.0. The number of nitrogens with one attached hydrogen (secondary N) is 1. The van der Waals surface area contributed by atoms with Crippen molar-refractivity contribution in [1.29, 1.82) is 0 Å². The van der Waals surface area contributed by atoms with Crippen molar-refractivity contribution in [3.05, 3.63) is 54.9 Å². The van der Waals surface area contributed by atoms with E-state index in [4.69, 9.17) is 16.3 Å². The highest BCUT2D eigenvalue weighted by atomic mass is 35.5. The van der Waals surface area contributed by atoms with E-state index in [0.717, 1.165) is 42.2 Å². The molecule has 1 heterocycles. The van der Waals surface area contributed by atoms with E-state index in [-0.39, 0.29) is 16.7 Å². The number of carbonyl (C=O) groups is 2. The van der Waals surface area contributed by atoms with Crippen LogP contribution in [0.1, 0.15) is 57.8 Å². The van der Waals surface area contributed by atoms with Gasteiger partial charge in [-0.2, -0.15) is 0 Å². The summed E-state index contributed by atoms with van der Waals surface area (Å²) in [5.41, 5.74) is 0.753. The van der Waals surface area contributed by atoms with Gasteiger partial charge in [0.15, 0.2) is 0 Å². The van der Waals surface area contributed by atoms with Crippen LogP contribution in [0.4, 0.5) is 10.7 Å². The number of nitro benzene ring substituents is 1. The van der Waals surface area contributed by atoms with E-state index in [9.17, 15) is 19.7 Å². The van der Waals surface area contributed by atoms with Crippen molar-refractivity contribution in [1.82, 2.24) is 0 Å². The summed E-state index contributed by atoms with van der Waals surface area (Å²) < 4.78 is 5.36. The van der Waals surface area contributed by atoms with Gasteiger partial charge in [-0.05, 0) is 57.2 Å². The van der Waals surface area contributed by atoms with Crippen LogP contribution in [0.3, 0.4) is 0 Å². The molecule has 0 radical (unpaired) electrons. The molecule has 3 rings (SSSR count). The van der Waals surface area contributed by atoms with Gasteiger partial charge in [-0.15, -0.1) is 11.3 Å². The van der Waals surface area contributed by atoms with E-state index >= 15 is 0 Å². The number of hydrogen-bond donors (Lipinski definition) is 1. The summed E-state index contributed by atoms with van der Waals surface area (Å²) in [6.45, 7) is 3.51. The van der Waals surface area contributed by atoms with E-state index in [1.54, 1.807) is 13.8 Å². The summed E-state index contributed by atoms with van der Waals surface area (Å²) in [5, 5.41) is 14.5. The molecule has 148 valence electrons. The number of rotatable bonds is 5. The lowest BCUT2D eigenvalue weighted by molar-refractivity contribution is -0.385. The minimum atomic E-state index is -0.666. The van der Waals surface area contributed by atoms with Crippen molar-refractivity contribution in [3.8, 4) is 0 Å². The van der Waals surface area contributed by atoms with Crippen LogP contribution in [0.5, 0.6) is 0 Å². The number of thiophene rings is 1. The minimum Gasteiger partial charge on any atom is -0.459 e. The van der Waals surface area contributed by atoms with Crippen molar-refractivity contribution in [2.45, 2.75) is 45.6 Å². The molecule has 0 bridgehead atoms. The Balaban J connectivity index is 1.98. The lowest BCUT2D eigenvalue weighted by atomic mass is 9.95. The highest BCUT2D eigenvalue weighted by Gasteiger charge is 2.29. The standard InChI is InChI=1S/C19H19ClN2O5S/c1-10(2)27-19(24)16-13-5-3-4-6-15(13)28-18(16)21-17(23)12-8-7-11(20)9-14(12)22(25)26/h7-10H,3-6H2,1-2H3,(H,21,23). The second-order valence-corrected chi connectivity index (χ2v) is 8.28. The fourth-order valence-electron chi connectivity index (χ4n) is 3.16. The van der Waals surface area contributed by atoms with Crippen LogP contribution in [0, 0.1) is 10.1 Å². The number of nitro groups is 1. The number of anilines is 1. The third-order valence-corrected chi connectivity index (χ3v) is 5.79. The van der Waals surface area contributed by atoms with Gasteiger partial charge in [0.2, 0.25) is 0 Å². The van der Waals surface area contributed by atoms with Gasteiger partial charge in [-0.1, -0.05) is 11.6 Å². The van der Waals surface area contributed by atoms with Crippen LogP contribution in [0.25, 0.3) is 0 Å². The number of amides is 1. The lowest BCUT2D eigenvalue weighted by Gasteiger charge is -2.14. The van der Waals surface area contributed by atoms with Gasteiger partial charge in [-0.3, -0.25) is 14.9 Å². The van der Waals surface area contributed by atoms with E-state index in [0.29, 0.717) is 10.6 Å². The average molecular weight is 423 g/mol. The van der Waals surface area contributed by atoms with Gasteiger partial charge in [0.25, 0.3) is 11.6 Å². The lowest BCUT2D eigenvalue weighted by Crippen LogP contribution is -2.18. The molecule has 0 spiro atoms. The van der Waals surface area contributed by atoms with Gasteiger partial charge in [0, 0.05) is 16.0 Å². The summed E-state index contributed by atoms with van der Waals surface area (Å²) in [5.74, 6) is -1.16. The van der Waals surface area contributed by atoms with Crippen LogP contribution in [0.2, 0.25) is 5.02 Å². The van der Waals surface area contributed by atoms with Gasteiger partial charge in [0.1, 0.15) is 10.6 Å². The third-order valence-electron chi connectivity index (χ3n) is 4.35. The van der Waals surface area contributed by atoms with E-state index in [1.165, 1.54) is 23.5 Å². The Kier molecular flexibility index (Phi) is 6.00. The molecule has 0 saturated carbocycles. The highest BCUT2D eigenvalue weighted by Crippen LogP contribution is 2.39. The maximum absolute atomic E-state index is 12.8. The van der Waals surface area contributed by atoms with Crippen LogP contribution < -0.4 is 5.32 Å². The number of fused-ring (bicyclic) bond motifs is 1.